The van der Waals surface area contributed by atoms with E-state index in [1.807, 2.05) is 0 Å². The van der Waals surface area contributed by atoms with Crippen molar-refractivity contribution in [1.29, 1.82) is 0 Å². The van der Waals surface area contributed by atoms with Crippen molar-refractivity contribution in [2.24, 2.45) is 28.6 Å². The highest BCUT2D eigenvalue weighted by atomic mass is 16.5. The lowest BCUT2D eigenvalue weighted by atomic mass is 9.55. The van der Waals surface area contributed by atoms with Crippen LogP contribution in [0, 0.1) is 28.6 Å². The minimum atomic E-state index is 0.592. The molecule has 2 heteroatoms. The Morgan fingerprint density at radius 3 is 2.04 bits per heavy atom. The van der Waals surface area contributed by atoms with E-state index in [2.05, 4.69) is 5.32 Å². The Labute approximate surface area is 142 Å². The predicted octanol–water partition coefficient (Wildman–Crippen LogP) is 4.53. The fourth-order valence-corrected chi connectivity index (χ4v) is 7.02. The van der Waals surface area contributed by atoms with Crippen molar-refractivity contribution >= 4 is 0 Å². The van der Waals surface area contributed by atoms with Crippen LogP contribution in [0.5, 0.6) is 0 Å². The minimum absolute atomic E-state index is 0.592. The Bertz CT molecular complexity index is 421. The zero-order valence-corrected chi connectivity index (χ0v) is 14.8. The SMILES string of the molecule is C1CCC2(C1)CC(C1CCC(C3CC4(CCO3)CNC4)CC1)C2. The van der Waals surface area contributed by atoms with Gasteiger partial charge in [-0.15, -0.1) is 0 Å². The minimum Gasteiger partial charge on any atom is -0.378 e. The second-order valence-corrected chi connectivity index (χ2v) is 10.0. The molecule has 0 aromatic carbocycles. The quantitative estimate of drug-likeness (QED) is 0.808. The number of hydrogen-bond donors (Lipinski definition) is 1. The third-order valence-electron chi connectivity index (χ3n) is 8.66. The highest BCUT2D eigenvalue weighted by molar-refractivity contribution is 5.01. The molecule has 130 valence electrons. The van der Waals surface area contributed by atoms with E-state index in [4.69, 9.17) is 4.74 Å². The van der Waals surface area contributed by atoms with Crippen LogP contribution in [0.25, 0.3) is 0 Å². The first-order valence-corrected chi connectivity index (χ1v) is 10.6. The van der Waals surface area contributed by atoms with Crippen LogP contribution in [0.15, 0.2) is 0 Å². The molecule has 2 spiro atoms. The number of nitrogens with one attached hydrogen (secondary N) is 1. The Kier molecular flexibility index (Phi) is 3.79. The zero-order valence-electron chi connectivity index (χ0n) is 14.8. The second kappa shape index (κ2) is 5.73. The lowest BCUT2D eigenvalue weighted by Gasteiger charge is -2.52. The molecule has 1 N–H and O–H groups in total. The van der Waals surface area contributed by atoms with Gasteiger partial charge in [0.15, 0.2) is 0 Å². The molecule has 2 saturated heterocycles. The van der Waals surface area contributed by atoms with Gasteiger partial charge in [0.1, 0.15) is 0 Å². The first-order chi connectivity index (χ1) is 11.3. The maximum Gasteiger partial charge on any atom is 0.0609 e. The van der Waals surface area contributed by atoms with Gasteiger partial charge in [0.2, 0.25) is 0 Å². The van der Waals surface area contributed by atoms with Gasteiger partial charge in [0.05, 0.1) is 6.10 Å². The molecule has 1 atom stereocenters. The summed E-state index contributed by atoms with van der Waals surface area (Å²) in [4.78, 5) is 0. The van der Waals surface area contributed by atoms with E-state index in [-0.39, 0.29) is 0 Å². The second-order valence-electron chi connectivity index (χ2n) is 10.0. The summed E-state index contributed by atoms with van der Waals surface area (Å²) < 4.78 is 6.23. The number of rotatable bonds is 2. The molecule has 5 rings (SSSR count). The Morgan fingerprint density at radius 1 is 0.696 bits per heavy atom. The Morgan fingerprint density at radius 2 is 1.39 bits per heavy atom. The van der Waals surface area contributed by atoms with E-state index in [1.165, 1.54) is 64.5 Å². The normalized spacial score (nSPS) is 42.5. The first-order valence-electron chi connectivity index (χ1n) is 10.6. The van der Waals surface area contributed by atoms with E-state index < -0.39 is 0 Å². The van der Waals surface area contributed by atoms with Gasteiger partial charge < -0.3 is 10.1 Å². The van der Waals surface area contributed by atoms with Crippen LogP contribution in [0.3, 0.4) is 0 Å². The molecule has 0 aromatic rings. The van der Waals surface area contributed by atoms with Crippen molar-refractivity contribution in [1.82, 2.24) is 5.32 Å². The molecule has 2 heterocycles. The summed E-state index contributed by atoms with van der Waals surface area (Å²) in [5, 5.41) is 3.50. The molecular formula is C21H35NO. The maximum absolute atomic E-state index is 6.23. The van der Waals surface area contributed by atoms with Crippen molar-refractivity contribution in [3.63, 3.8) is 0 Å². The van der Waals surface area contributed by atoms with Crippen LogP contribution in [-0.4, -0.2) is 25.8 Å². The molecule has 0 radical (unpaired) electrons. The largest absolute Gasteiger partial charge is 0.378 e. The van der Waals surface area contributed by atoms with Crippen LogP contribution in [-0.2, 0) is 4.74 Å². The molecule has 5 fully saturated rings. The van der Waals surface area contributed by atoms with Crippen molar-refractivity contribution in [3.05, 3.63) is 0 Å². The lowest BCUT2D eigenvalue weighted by Crippen LogP contribution is -2.58. The van der Waals surface area contributed by atoms with Gasteiger partial charge in [-0.1, -0.05) is 12.8 Å². The summed E-state index contributed by atoms with van der Waals surface area (Å²) in [5.41, 5.74) is 1.47. The van der Waals surface area contributed by atoms with Crippen LogP contribution in [0.2, 0.25) is 0 Å². The summed E-state index contributed by atoms with van der Waals surface area (Å²) in [6.07, 6.45) is 18.5. The average Bonchev–Trinajstić information content (AvgIpc) is 3.02. The van der Waals surface area contributed by atoms with E-state index in [0.29, 0.717) is 11.5 Å². The molecule has 2 nitrogen and oxygen atoms in total. The smallest absolute Gasteiger partial charge is 0.0609 e. The fourth-order valence-electron chi connectivity index (χ4n) is 7.02. The van der Waals surface area contributed by atoms with Crippen molar-refractivity contribution in [3.8, 4) is 0 Å². The van der Waals surface area contributed by atoms with Gasteiger partial charge in [-0.25, -0.2) is 0 Å². The van der Waals surface area contributed by atoms with Gasteiger partial charge in [0.25, 0.3) is 0 Å². The third-order valence-corrected chi connectivity index (χ3v) is 8.66. The zero-order chi connectivity index (χ0) is 15.3. The highest BCUT2D eigenvalue weighted by Gasteiger charge is 2.49. The van der Waals surface area contributed by atoms with E-state index in [1.54, 1.807) is 25.7 Å². The van der Waals surface area contributed by atoms with Gasteiger partial charge in [0, 0.05) is 19.7 Å². The first kappa shape index (κ1) is 15.2. The monoisotopic (exact) mass is 317 g/mol. The summed E-state index contributed by atoms with van der Waals surface area (Å²) >= 11 is 0. The molecule has 0 amide bonds. The molecular weight excluding hydrogens is 282 g/mol. The summed E-state index contributed by atoms with van der Waals surface area (Å²) in [5.74, 6) is 3.05. The van der Waals surface area contributed by atoms with Gasteiger partial charge in [-0.2, -0.15) is 0 Å². The van der Waals surface area contributed by atoms with Crippen LogP contribution >= 0.6 is 0 Å². The van der Waals surface area contributed by atoms with Crippen molar-refractivity contribution < 1.29 is 4.74 Å². The molecule has 0 aromatic heterocycles. The standard InChI is InChI=1S/C21H35NO/c1-2-8-20(7-1)11-18(12-20)16-3-5-17(6-4-16)19-13-21(9-10-23-19)14-22-15-21/h16-19,22H,1-15H2. The molecule has 1 unspecified atom stereocenters. The van der Waals surface area contributed by atoms with Crippen LogP contribution < -0.4 is 5.32 Å². The molecule has 0 bridgehead atoms. The van der Waals surface area contributed by atoms with E-state index in [0.717, 1.165) is 29.8 Å². The molecule has 5 aliphatic rings. The summed E-state index contributed by atoms with van der Waals surface area (Å²) in [6.45, 7) is 3.54. The lowest BCUT2D eigenvalue weighted by molar-refractivity contribution is -0.103. The highest BCUT2D eigenvalue weighted by Crippen LogP contribution is 2.60. The number of hydrogen-bond acceptors (Lipinski definition) is 2. The van der Waals surface area contributed by atoms with E-state index in [9.17, 15) is 0 Å². The summed E-state index contributed by atoms with van der Waals surface area (Å²) in [6, 6.07) is 0. The molecule has 2 aliphatic heterocycles. The van der Waals surface area contributed by atoms with Crippen molar-refractivity contribution in [2.45, 2.75) is 83.2 Å². The molecule has 3 saturated carbocycles. The molecule has 3 aliphatic carbocycles. The van der Waals surface area contributed by atoms with Gasteiger partial charge >= 0.3 is 0 Å². The maximum atomic E-state index is 6.23. The van der Waals surface area contributed by atoms with Crippen LogP contribution in [0.1, 0.15) is 77.0 Å². The number of ether oxygens (including phenoxy) is 1. The fraction of sp³-hybridized carbons (Fsp3) is 1.00. The van der Waals surface area contributed by atoms with Gasteiger partial charge in [-0.3, -0.25) is 0 Å². The summed E-state index contributed by atoms with van der Waals surface area (Å²) in [7, 11) is 0. The van der Waals surface area contributed by atoms with Gasteiger partial charge in [-0.05, 0) is 92.8 Å². The molecule has 23 heavy (non-hydrogen) atoms. The van der Waals surface area contributed by atoms with E-state index >= 15 is 0 Å². The van der Waals surface area contributed by atoms with Crippen molar-refractivity contribution in [2.75, 3.05) is 19.7 Å². The Hall–Kier alpha value is -0.0800. The topological polar surface area (TPSA) is 21.3 Å². The predicted molar refractivity (Wildman–Crippen MR) is 93.3 cm³/mol. The Balaban J connectivity index is 1.11. The third kappa shape index (κ3) is 2.68. The van der Waals surface area contributed by atoms with Crippen LogP contribution in [0.4, 0.5) is 0 Å². The average molecular weight is 318 g/mol.